The Labute approximate surface area is 198 Å². The predicted octanol–water partition coefficient (Wildman–Crippen LogP) is 3.04. The van der Waals surface area contributed by atoms with Gasteiger partial charge in [0.05, 0.1) is 35.6 Å². The van der Waals surface area contributed by atoms with Crippen LogP contribution in [-0.2, 0) is 33.9 Å². The van der Waals surface area contributed by atoms with Gasteiger partial charge in [-0.2, -0.15) is 0 Å². The van der Waals surface area contributed by atoms with Crippen LogP contribution in [0.25, 0.3) is 11.0 Å². The highest BCUT2D eigenvalue weighted by atomic mass is 16.5. The van der Waals surface area contributed by atoms with Crippen LogP contribution in [0.5, 0.6) is 0 Å². The molecular formula is C25H30N6O3. The fraction of sp³-hybridized carbons (Fsp3) is 0.440. The van der Waals surface area contributed by atoms with Gasteiger partial charge in [-0.15, -0.1) is 0 Å². The number of fused-ring (bicyclic) bond motifs is 3. The second-order valence-corrected chi connectivity index (χ2v) is 9.21. The van der Waals surface area contributed by atoms with Crippen LogP contribution >= 0.6 is 0 Å². The standard InChI is InChI=1S/C25H30N6O3/c1-3-16-10-18(12-27-23(16)26)28-24(32)25(33)31-13-15(2)4-6-20(31)17-5-7-21-19(11-17)29-22-14-34-9-8-30(21)22/h5,7,10-12,15,20H,3-4,6,8-9,13-14H2,1-2H3,(H2,26,27)(H,28,32)/t15-,20+/m0/s1. The molecule has 2 aromatic heterocycles. The lowest BCUT2D eigenvalue weighted by atomic mass is 9.89. The Kier molecular flexibility index (Phi) is 5.95. The molecule has 2 atom stereocenters. The van der Waals surface area contributed by atoms with Gasteiger partial charge in [0.2, 0.25) is 0 Å². The normalized spacial score (nSPS) is 20.2. The second kappa shape index (κ2) is 9.06. The summed E-state index contributed by atoms with van der Waals surface area (Å²) >= 11 is 0. The van der Waals surface area contributed by atoms with E-state index in [9.17, 15) is 9.59 Å². The number of carbonyl (C=O) groups excluding carboxylic acids is 2. The van der Waals surface area contributed by atoms with Crippen molar-refractivity contribution in [3.05, 3.63) is 47.4 Å². The van der Waals surface area contributed by atoms with Crippen molar-refractivity contribution in [2.75, 3.05) is 24.2 Å². The first kappa shape index (κ1) is 22.3. The molecule has 0 saturated carbocycles. The van der Waals surface area contributed by atoms with E-state index in [1.807, 2.05) is 6.92 Å². The molecule has 2 aliphatic heterocycles. The first-order valence-corrected chi connectivity index (χ1v) is 11.9. The van der Waals surface area contributed by atoms with Crippen LogP contribution in [0.2, 0.25) is 0 Å². The van der Waals surface area contributed by atoms with Crippen molar-refractivity contribution < 1.29 is 14.3 Å². The number of amides is 2. The number of anilines is 2. The van der Waals surface area contributed by atoms with E-state index >= 15 is 0 Å². The van der Waals surface area contributed by atoms with E-state index in [0.717, 1.165) is 47.4 Å². The monoisotopic (exact) mass is 462 g/mol. The SMILES string of the molecule is CCc1cc(NC(=O)C(=O)N2C[C@@H](C)CC[C@@H]2c2ccc3c(c2)nc2n3CCOC2)cnc1N. The van der Waals surface area contributed by atoms with Crippen LogP contribution in [0.3, 0.4) is 0 Å². The van der Waals surface area contributed by atoms with Crippen molar-refractivity contribution in [2.24, 2.45) is 5.92 Å². The van der Waals surface area contributed by atoms with Gasteiger partial charge >= 0.3 is 11.8 Å². The highest BCUT2D eigenvalue weighted by Crippen LogP contribution is 2.35. The summed E-state index contributed by atoms with van der Waals surface area (Å²) in [4.78, 5) is 36.8. The number of hydrogen-bond donors (Lipinski definition) is 2. The molecule has 1 aromatic carbocycles. The third-order valence-electron chi connectivity index (χ3n) is 6.84. The number of nitrogen functional groups attached to an aromatic ring is 1. The van der Waals surface area contributed by atoms with Crippen LogP contribution in [0.15, 0.2) is 30.5 Å². The molecule has 178 valence electrons. The van der Waals surface area contributed by atoms with Crippen molar-refractivity contribution in [3.63, 3.8) is 0 Å². The topological polar surface area (TPSA) is 115 Å². The third kappa shape index (κ3) is 4.11. The second-order valence-electron chi connectivity index (χ2n) is 9.21. The first-order valence-electron chi connectivity index (χ1n) is 11.9. The summed E-state index contributed by atoms with van der Waals surface area (Å²) in [6, 6.07) is 7.77. The first-order chi connectivity index (χ1) is 16.4. The number of nitrogens with zero attached hydrogens (tertiary/aromatic N) is 4. The molecule has 3 aromatic rings. The van der Waals surface area contributed by atoms with Gasteiger partial charge in [0, 0.05) is 13.1 Å². The number of likely N-dealkylation sites (tertiary alicyclic amines) is 1. The number of imidazole rings is 1. The summed E-state index contributed by atoms with van der Waals surface area (Å²) in [5.74, 6) is 0.470. The number of hydrogen-bond acceptors (Lipinski definition) is 6. The lowest BCUT2D eigenvalue weighted by Gasteiger charge is -2.38. The van der Waals surface area contributed by atoms with Crippen LogP contribution in [0.4, 0.5) is 11.5 Å². The lowest BCUT2D eigenvalue weighted by Crippen LogP contribution is -2.46. The molecule has 4 heterocycles. The number of nitrogens with two attached hydrogens (primary N) is 1. The van der Waals surface area contributed by atoms with Gasteiger partial charge in [-0.25, -0.2) is 9.97 Å². The minimum atomic E-state index is -0.664. The molecular weight excluding hydrogens is 432 g/mol. The van der Waals surface area contributed by atoms with E-state index in [1.54, 1.807) is 11.0 Å². The maximum Gasteiger partial charge on any atom is 0.313 e. The number of carbonyl (C=O) groups is 2. The molecule has 3 N–H and O–H groups in total. The average Bonchev–Trinajstić information content (AvgIpc) is 3.22. The largest absolute Gasteiger partial charge is 0.383 e. The third-order valence-corrected chi connectivity index (χ3v) is 6.84. The maximum atomic E-state index is 13.3. The Morgan fingerprint density at radius 3 is 2.94 bits per heavy atom. The Hall–Kier alpha value is -3.46. The van der Waals surface area contributed by atoms with Crippen molar-refractivity contribution in [1.29, 1.82) is 0 Å². The van der Waals surface area contributed by atoms with Gasteiger partial charge in [-0.3, -0.25) is 9.59 Å². The smallest absolute Gasteiger partial charge is 0.313 e. The van der Waals surface area contributed by atoms with Gasteiger partial charge in [-0.05, 0) is 54.5 Å². The number of piperidine rings is 1. The predicted molar refractivity (Wildman–Crippen MR) is 129 cm³/mol. The summed E-state index contributed by atoms with van der Waals surface area (Å²) in [6.07, 6.45) is 3.96. The molecule has 1 saturated heterocycles. The summed E-state index contributed by atoms with van der Waals surface area (Å²) in [5.41, 5.74) is 10.1. The summed E-state index contributed by atoms with van der Waals surface area (Å²) in [5, 5.41) is 2.71. The molecule has 9 heteroatoms. The minimum Gasteiger partial charge on any atom is -0.383 e. The minimum absolute atomic E-state index is 0.176. The van der Waals surface area contributed by atoms with Crippen molar-refractivity contribution in [1.82, 2.24) is 19.4 Å². The zero-order valence-electron chi connectivity index (χ0n) is 19.6. The number of rotatable bonds is 3. The highest BCUT2D eigenvalue weighted by Gasteiger charge is 2.34. The fourth-order valence-corrected chi connectivity index (χ4v) is 4.99. The number of benzene rings is 1. The zero-order valence-corrected chi connectivity index (χ0v) is 19.6. The Bertz CT molecular complexity index is 1250. The van der Waals surface area contributed by atoms with Crippen molar-refractivity contribution >= 4 is 34.4 Å². The van der Waals surface area contributed by atoms with E-state index in [2.05, 4.69) is 40.0 Å². The van der Waals surface area contributed by atoms with Crippen molar-refractivity contribution in [2.45, 2.75) is 52.3 Å². The average molecular weight is 463 g/mol. The molecule has 2 amide bonds. The zero-order chi connectivity index (χ0) is 23.8. The number of nitrogens with one attached hydrogen (secondary N) is 1. The summed E-state index contributed by atoms with van der Waals surface area (Å²) in [7, 11) is 0. The molecule has 34 heavy (non-hydrogen) atoms. The Balaban J connectivity index is 1.40. The van der Waals surface area contributed by atoms with E-state index in [4.69, 9.17) is 15.5 Å². The Morgan fingerprint density at radius 1 is 1.26 bits per heavy atom. The number of pyridine rings is 1. The quantitative estimate of drug-likeness (QED) is 0.578. The summed E-state index contributed by atoms with van der Waals surface area (Å²) < 4.78 is 7.72. The number of ether oxygens (including phenoxy) is 1. The van der Waals surface area contributed by atoms with Gasteiger partial charge in [0.15, 0.2) is 0 Å². The van der Waals surface area contributed by atoms with Crippen LogP contribution in [-0.4, -0.2) is 44.4 Å². The molecule has 5 rings (SSSR count). The number of aryl methyl sites for hydroxylation is 1. The highest BCUT2D eigenvalue weighted by molar-refractivity contribution is 6.39. The molecule has 0 bridgehead atoms. The van der Waals surface area contributed by atoms with E-state index in [-0.39, 0.29) is 6.04 Å². The fourth-order valence-electron chi connectivity index (χ4n) is 4.99. The van der Waals surface area contributed by atoms with E-state index < -0.39 is 11.8 Å². The van der Waals surface area contributed by atoms with Crippen LogP contribution < -0.4 is 11.1 Å². The molecule has 0 radical (unpaired) electrons. The van der Waals surface area contributed by atoms with Crippen molar-refractivity contribution in [3.8, 4) is 0 Å². The van der Waals surface area contributed by atoms with Gasteiger partial charge < -0.3 is 25.3 Å². The molecule has 0 unspecified atom stereocenters. The van der Waals surface area contributed by atoms with Crippen LogP contribution in [0.1, 0.15) is 49.7 Å². The molecule has 9 nitrogen and oxygen atoms in total. The van der Waals surface area contributed by atoms with E-state index in [1.165, 1.54) is 6.20 Å². The molecule has 2 aliphatic rings. The molecule has 0 aliphatic carbocycles. The van der Waals surface area contributed by atoms with Gasteiger partial charge in [0.25, 0.3) is 0 Å². The Morgan fingerprint density at radius 2 is 2.12 bits per heavy atom. The lowest BCUT2D eigenvalue weighted by molar-refractivity contribution is -0.146. The van der Waals surface area contributed by atoms with E-state index in [0.29, 0.717) is 43.6 Å². The maximum absolute atomic E-state index is 13.3. The van der Waals surface area contributed by atoms with Crippen LogP contribution in [0, 0.1) is 5.92 Å². The number of aromatic nitrogens is 3. The summed E-state index contributed by atoms with van der Waals surface area (Å²) in [6.45, 7) is 6.58. The molecule has 1 fully saturated rings. The van der Waals surface area contributed by atoms with Gasteiger partial charge in [0.1, 0.15) is 18.2 Å². The van der Waals surface area contributed by atoms with Gasteiger partial charge in [-0.1, -0.05) is 19.9 Å². The molecule has 0 spiro atoms.